The average Bonchev–Trinajstić information content (AvgIpc) is 3.03. The van der Waals surface area contributed by atoms with Crippen molar-refractivity contribution < 1.29 is 23.8 Å². The lowest BCUT2D eigenvalue weighted by atomic mass is 9.75. The summed E-state index contributed by atoms with van der Waals surface area (Å²) in [5, 5.41) is 0. The summed E-state index contributed by atoms with van der Waals surface area (Å²) in [7, 11) is 4.46. The third kappa shape index (κ3) is 2.83. The normalized spacial score (nSPS) is 20.0. The number of hydrogen-bond acceptors (Lipinski definition) is 6. The second-order valence-electron chi connectivity index (χ2n) is 6.98. The summed E-state index contributed by atoms with van der Waals surface area (Å²) in [6, 6.07) is 12.7. The van der Waals surface area contributed by atoms with Crippen molar-refractivity contribution in [3.63, 3.8) is 0 Å². The van der Waals surface area contributed by atoms with Gasteiger partial charge in [-0.1, -0.05) is 30.3 Å². The van der Waals surface area contributed by atoms with Gasteiger partial charge in [-0.25, -0.2) is 0 Å². The number of Topliss-reactive ketones (excluding diaryl/α,β-unsaturated/α-hetero) is 1. The smallest absolute Gasteiger partial charge is 0.315 e. The Morgan fingerprint density at radius 3 is 2.38 bits per heavy atom. The monoisotopic (exact) mass is 391 g/mol. The number of hydrogen-bond donors (Lipinski definition) is 0. The molecule has 4 rings (SSSR count). The number of carbonyl (C=O) groups is 2. The second kappa shape index (κ2) is 7.20. The minimum absolute atomic E-state index is 0.122. The van der Waals surface area contributed by atoms with Gasteiger partial charge in [0.2, 0.25) is 0 Å². The molecule has 0 aromatic heterocycles. The first-order chi connectivity index (χ1) is 14.0. The van der Waals surface area contributed by atoms with Crippen molar-refractivity contribution in [1.82, 2.24) is 0 Å². The zero-order valence-electron chi connectivity index (χ0n) is 16.7. The Morgan fingerprint density at radius 2 is 1.72 bits per heavy atom. The lowest BCUT2D eigenvalue weighted by Crippen LogP contribution is -2.34. The van der Waals surface area contributed by atoms with E-state index in [9.17, 15) is 9.59 Å². The highest BCUT2D eigenvalue weighted by Crippen LogP contribution is 2.50. The fourth-order valence-corrected chi connectivity index (χ4v) is 4.19. The first kappa shape index (κ1) is 18.9. The number of ketones is 1. The van der Waals surface area contributed by atoms with Gasteiger partial charge >= 0.3 is 5.97 Å². The number of ether oxygens (including phenoxy) is 3. The van der Waals surface area contributed by atoms with Crippen LogP contribution in [0.3, 0.4) is 0 Å². The van der Waals surface area contributed by atoms with Gasteiger partial charge in [0.15, 0.2) is 5.78 Å². The second-order valence-corrected chi connectivity index (χ2v) is 6.98. The summed E-state index contributed by atoms with van der Waals surface area (Å²) in [6.45, 7) is 1.79. The molecule has 0 saturated heterocycles. The molecular weight excluding hydrogens is 370 g/mol. The zero-order valence-corrected chi connectivity index (χ0v) is 16.7. The highest BCUT2D eigenvalue weighted by molar-refractivity contribution is 6.24. The number of methoxy groups -OCH3 is 3. The molecule has 0 radical (unpaired) electrons. The third-order valence-corrected chi connectivity index (χ3v) is 5.54. The van der Waals surface area contributed by atoms with Crippen LogP contribution in [0, 0.1) is 5.92 Å². The molecule has 1 unspecified atom stereocenters. The Bertz CT molecular complexity index is 1080. The summed E-state index contributed by atoms with van der Waals surface area (Å²) in [6.07, 6.45) is 0. The van der Waals surface area contributed by atoms with Crippen LogP contribution in [-0.4, -0.2) is 38.8 Å². The Morgan fingerprint density at radius 1 is 1.00 bits per heavy atom. The first-order valence-corrected chi connectivity index (χ1v) is 9.25. The quantitative estimate of drug-likeness (QED) is 0.744. The van der Waals surface area contributed by atoms with E-state index in [1.54, 1.807) is 39.3 Å². The number of esters is 1. The lowest BCUT2D eigenvalue weighted by Gasteiger charge is -2.31. The van der Waals surface area contributed by atoms with E-state index in [1.807, 2.05) is 24.3 Å². The molecule has 2 aromatic carbocycles. The van der Waals surface area contributed by atoms with Gasteiger partial charge in [-0.05, 0) is 13.0 Å². The first-order valence-electron chi connectivity index (χ1n) is 9.25. The van der Waals surface area contributed by atoms with Gasteiger partial charge in [0, 0.05) is 40.0 Å². The summed E-state index contributed by atoms with van der Waals surface area (Å²) < 4.78 is 16.0. The molecule has 0 amide bonds. The molecule has 1 aliphatic heterocycles. The maximum atomic E-state index is 13.4. The Labute approximate surface area is 168 Å². The molecule has 0 fully saturated rings. The molecule has 2 aliphatic rings. The molecule has 0 N–H and O–H groups in total. The lowest BCUT2D eigenvalue weighted by molar-refractivity contribution is -0.143. The van der Waals surface area contributed by atoms with Gasteiger partial charge in [-0.2, -0.15) is 0 Å². The van der Waals surface area contributed by atoms with Crippen molar-refractivity contribution in [3.8, 4) is 11.5 Å². The molecule has 1 heterocycles. The molecule has 2 aromatic rings. The van der Waals surface area contributed by atoms with E-state index in [1.165, 1.54) is 7.11 Å². The Balaban J connectivity index is 1.98. The van der Waals surface area contributed by atoms with E-state index < -0.39 is 17.8 Å². The molecule has 0 spiro atoms. The van der Waals surface area contributed by atoms with Crippen LogP contribution in [0.25, 0.3) is 5.70 Å². The average molecular weight is 391 g/mol. The summed E-state index contributed by atoms with van der Waals surface area (Å²) in [5.74, 6) is -0.701. The highest BCUT2D eigenvalue weighted by Gasteiger charge is 2.46. The number of benzene rings is 2. The van der Waals surface area contributed by atoms with Crippen LogP contribution in [0.15, 0.2) is 53.0 Å². The Kier molecular flexibility index (Phi) is 4.70. The standard InChI is InChI=1S/C23H21NO5/c1-12-18(23(26)29-4)19(16-10-9-13(27-2)11-17(16)28-3)20-21(24-12)14-7-5-6-8-15(14)22(20)25/h5-11,18-19H,1-4H3/t18?,19-/m1/s1. The molecule has 29 heavy (non-hydrogen) atoms. The number of aliphatic imine (C=N–C) groups is 1. The molecule has 0 saturated carbocycles. The van der Waals surface area contributed by atoms with E-state index in [0.717, 1.165) is 5.56 Å². The van der Waals surface area contributed by atoms with Crippen molar-refractivity contribution in [2.75, 3.05) is 21.3 Å². The van der Waals surface area contributed by atoms with Gasteiger partial charge < -0.3 is 14.2 Å². The van der Waals surface area contributed by atoms with Gasteiger partial charge in [0.25, 0.3) is 0 Å². The maximum Gasteiger partial charge on any atom is 0.315 e. The predicted octanol–water partition coefficient (Wildman–Crippen LogP) is 3.66. The molecule has 6 nitrogen and oxygen atoms in total. The van der Waals surface area contributed by atoms with E-state index in [2.05, 4.69) is 4.99 Å². The van der Waals surface area contributed by atoms with Crippen molar-refractivity contribution in [3.05, 3.63) is 64.7 Å². The molecule has 0 bridgehead atoms. The van der Waals surface area contributed by atoms with Crippen LogP contribution >= 0.6 is 0 Å². The molecule has 6 heteroatoms. The molecule has 1 aliphatic carbocycles. The van der Waals surface area contributed by atoms with Gasteiger partial charge in [-0.15, -0.1) is 0 Å². The topological polar surface area (TPSA) is 74.2 Å². The van der Waals surface area contributed by atoms with Crippen molar-refractivity contribution in [2.45, 2.75) is 12.8 Å². The molecule has 2 atom stereocenters. The van der Waals surface area contributed by atoms with Crippen LogP contribution in [0.4, 0.5) is 0 Å². The summed E-state index contributed by atoms with van der Waals surface area (Å²) >= 11 is 0. The molecular formula is C23H21NO5. The van der Waals surface area contributed by atoms with E-state index in [-0.39, 0.29) is 5.78 Å². The Hall–Kier alpha value is -3.41. The minimum atomic E-state index is -0.723. The third-order valence-electron chi connectivity index (χ3n) is 5.54. The summed E-state index contributed by atoms with van der Waals surface area (Å²) in [5.41, 5.74) is 3.81. The van der Waals surface area contributed by atoms with Crippen molar-refractivity contribution in [1.29, 1.82) is 0 Å². The van der Waals surface area contributed by atoms with Crippen LogP contribution in [-0.2, 0) is 9.53 Å². The maximum absolute atomic E-state index is 13.4. The van der Waals surface area contributed by atoms with Crippen LogP contribution in [0.1, 0.15) is 34.3 Å². The van der Waals surface area contributed by atoms with E-state index >= 15 is 0 Å². The van der Waals surface area contributed by atoms with Gasteiger partial charge in [0.05, 0.1) is 27.0 Å². The zero-order chi connectivity index (χ0) is 20.7. The number of carbonyl (C=O) groups excluding carboxylic acids is 2. The largest absolute Gasteiger partial charge is 0.497 e. The number of allylic oxidation sites excluding steroid dienone is 1. The fraction of sp³-hybridized carbons (Fsp3) is 0.261. The van der Waals surface area contributed by atoms with Crippen LogP contribution < -0.4 is 9.47 Å². The van der Waals surface area contributed by atoms with Gasteiger partial charge in [-0.3, -0.25) is 14.6 Å². The fourth-order valence-electron chi connectivity index (χ4n) is 4.19. The van der Waals surface area contributed by atoms with Crippen LogP contribution in [0.5, 0.6) is 11.5 Å². The summed E-state index contributed by atoms with van der Waals surface area (Å²) in [4.78, 5) is 30.8. The van der Waals surface area contributed by atoms with E-state index in [4.69, 9.17) is 14.2 Å². The predicted molar refractivity (Wildman–Crippen MR) is 109 cm³/mol. The minimum Gasteiger partial charge on any atom is -0.497 e. The van der Waals surface area contributed by atoms with Crippen molar-refractivity contribution >= 4 is 23.2 Å². The highest BCUT2D eigenvalue weighted by atomic mass is 16.5. The number of rotatable bonds is 4. The van der Waals surface area contributed by atoms with Crippen molar-refractivity contribution in [2.24, 2.45) is 10.9 Å². The molecule has 148 valence electrons. The van der Waals surface area contributed by atoms with Gasteiger partial charge in [0.1, 0.15) is 17.4 Å². The van der Waals surface area contributed by atoms with Crippen LogP contribution in [0.2, 0.25) is 0 Å². The number of fused-ring (bicyclic) bond motifs is 2. The SMILES string of the molecule is COC(=O)C1C(C)=NC2=C(C(=O)c3ccccc32)[C@@H]1c1ccc(OC)cc1OC. The van der Waals surface area contributed by atoms with E-state index in [0.29, 0.717) is 39.6 Å². The number of nitrogens with zero attached hydrogens (tertiary/aromatic N) is 1.